The van der Waals surface area contributed by atoms with Gasteiger partial charge in [0.25, 0.3) is 0 Å². The quantitative estimate of drug-likeness (QED) is 0.703. The van der Waals surface area contributed by atoms with E-state index in [0.29, 0.717) is 5.75 Å². The third kappa shape index (κ3) is 2.80. The van der Waals surface area contributed by atoms with Gasteiger partial charge in [-0.3, -0.25) is 0 Å². The van der Waals surface area contributed by atoms with Gasteiger partial charge in [0.15, 0.2) is 11.6 Å². The molecule has 0 aliphatic rings. The molecule has 0 amide bonds. The summed E-state index contributed by atoms with van der Waals surface area (Å²) in [6.45, 7) is 12.7. The molecule has 17 heavy (non-hydrogen) atoms. The Morgan fingerprint density at radius 1 is 0.941 bits per heavy atom. The lowest BCUT2D eigenvalue weighted by molar-refractivity contribution is 0.366. The van der Waals surface area contributed by atoms with E-state index >= 15 is 0 Å². The van der Waals surface area contributed by atoms with Crippen LogP contribution in [-0.4, -0.2) is 7.11 Å². The molecule has 0 atom stereocenters. The van der Waals surface area contributed by atoms with Crippen molar-refractivity contribution in [3.63, 3.8) is 0 Å². The number of hydrogen-bond acceptors (Lipinski definition) is 1. The fourth-order valence-electron chi connectivity index (χ4n) is 2.13. The van der Waals surface area contributed by atoms with Gasteiger partial charge in [-0.25, -0.2) is 4.39 Å². The zero-order valence-corrected chi connectivity index (χ0v) is 11.9. The first kappa shape index (κ1) is 14.0. The van der Waals surface area contributed by atoms with Gasteiger partial charge in [0.05, 0.1) is 7.11 Å². The van der Waals surface area contributed by atoms with Crippen LogP contribution in [0.2, 0.25) is 0 Å². The van der Waals surface area contributed by atoms with Crippen LogP contribution in [0, 0.1) is 5.82 Å². The highest BCUT2D eigenvalue weighted by atomic mass is 19.1. The van der Waals surface area contributed by atoms with Crippen molar-refractivity contribution in [3.05, 3.63) is 29.1 Å². The minimum atomic E-state index is -0.287. The number of methoxy groups -OCH3 is 1. The molecule has 0 saturated heterocycles. The number of hydrogen-bond donors (Lipinski definition) is 0. The van der Waals surface area contributed by atoms with Crippen molar-refractivity contribution in [3.8, 4) is 5.75 Å². The second kappa shape index (κ2) is 4.32. The summed E-state index contributed by atoms with van der Waals surface area (Å²) in [6, 6.07) is 3.37. The van der Waals surface area contributed by atoms with Crippen molar-refractivity contribution in [2.24, 2.45) is 0 Å². The first-order valence-corrected chi connectivity index (χ1v) is 5.96. The summed E-state index contributed by atoms with van der Waals surface area (Å²) in [6.07, 6.45) is 0. The minimum absolute atomic E-state index is 0.0242. The van der Waals surface area contributed by atoms with E-state index in [2.05, 4.69) is 41.5 Å². The van der Waals surface area contributed by atoms with E-state index in [-0.39, 0.29) is 16.6 Å². The van der Waals surface area contributed by atoms with Crippen molar-refractivity contribution in [2.75, 3.05) is 7.11 Å². The largest absolute Gasteiger partial charge is 0.493 e. The number of halogens is 1. The molecule has 0 saturated carbocycles. The Labute approximate surface area is 104 Å². The lowest BCUT2D eigenvalue weighted by atomic mass is 9.74. The fraction of sp³-hybridized carbons (Fsp3) is 0.600. The molecule has 1 nitrogen and oxygen atoms in total. The second-order valence-electron chi connectivity index (χ2n) is 6.50. The Morgan fingerprint density at radius 2 is 1.47 bits per heavy atom. The minimum Gasteiger partial charge on any atom is -0.493 e. The summed E-state index contributed by atoms with van der Waals surface area (Å²) < 4.78 is 19.1. The molecule has 0 aromatic heterocycles. The van der Waals surface area contributed by atoms with Gasteiger partial charge in [-0.05, 0) is 22.5 Å². The highest BCUT2D eigenvalue weighted by Crippen LogP contribution is 2.40. The molecule has 0 aliphatic heterocycles. The standard InChI is InChI=1S/C15H23FO/c1-14(2,3)10-8-9-11(16)13(17-7)12(10)15(4,5)6/h8-9H,1-7H3. The zero-order chi connectivity index (χ0) is 13.4. The van der Waals surface area contributed by atoms with Crippen molar-refractivity contribution in [1.29, 1.82) is 0 Å². The van der Waals surface area contributed by atoms with Crippen LogP contribution in [0.4, 0.5) is 4.39 Å². The van der Waals surface area contributed by atoms with Crippen LogP contribution in [0.3, 0.4) is 0 Å². The third-order valence-electron chi connectivity index (χ3n) is 2.87. The zero-order valence-electron chi connectivity index (χ0n) is 11.9. The monoisotopic (exact) mass is 238 g/mol. The van der Waals surface area contributed by atoms with Crippen LogP contribution in [0.5, 0.6) is 5.75 Å². The lowest BCUT2D eigenvalue weighted by Crippen LogP contribution is -2.23. The molecule has 0 spiro atoms. The average molecular weight is 238 g/mol. The maximum absolute atomic E-state index is 13.8. The molecule has 1 aromatic carbocycles. The Hall–Kier alpha value is -1.05. The topological polar surface area (TPSA) is 9.23 Å². The van der Waals surface area contributed by atoms with Gasteiger partial charge < -0.3 is 4.74 Å². The number of ether oxygens (including phenoxy) is 1. The van der Waals surface area contributed by atoms with Crippen molar-refractivity contribution in [1.82, 2.24) is 0 Å². The van der Waals surface area contributed by atoms with E-state index in [9.17, 15) is 4.39 Å². The molecule has 0 N–H and O–H groups in total. The van der Waals surface area contributed by atoms with Crippen LogP contribution >= 0.6 is 0 Å². The van der Waals surface area contributed by atoms with Crippen LogP contribution in [0.15, 0.2) is 12.1 Å². The molecular weight excluding hydrogens is 215 g/mol. The highest BCUT2D eigenvalue weighted by Gasteiger charge is 2.30. The van der Waals surface area contributed by atoms with Gasteiger partial charge >= 0.3 is 0 Å². The predicted octanol–water partition coefficient (Wildman–Crippen LogP) is 4.43. The van der Waals surface area contributed by atoms with Gasteiger partial charge in [0.1, 0.15) is 0 Å². The smallest absolute Gasteiger partial charge is 0.165 e. The molecule has 0 radical (unpaired) electrons. The van der Waals surface area contributed by atoms with Crippen LogP contribution in [0.1, 0.15) is 52.7 Å². The molecule has 96 valence electrons. The molecule has 1 rings (SSSR count). The molecule has 1 aromatic rings. The summed E-state index contributed by atoms with van der Waals surface area (Å²) in [7, 11) is 1.53. The van der Waals surface area contributed by atoms with Gasteiger partial charge in [-0.2, -0.15) is 0 Å². The maximum atomic E-state index is 13.8. The van der Waals surface area contributed by atoms with Crippen molar-refractivity contribution >= 4 is 0 Å². The molecule has 0 bridgehead atoms. The third-order valence-corrected chi connectivity index (χ3v) is 2.87. The van der Waals surface area contributed by atoms with E-state index < -0.39 is 0 Å². The molecular formula is C15H23FO. The van der Waals surface area contributed by atoms with Crippen LogP contribution in [0.25, 0.3) is 0 Å². The molecule has 0 aliphatic carbocycles. The van der Waals surface area contributed by atoms with E-state index in [1.807, 2.05) is 6.07 Å². The van der Waals surface area contributed by atoms with Crippen LogP contribution in [-0.2, 0) is 10.8 Å². The van der Waals surface area contributed by atoms with Gasteiger partial charge in [-0.1, -0.05) is 47.6 Å². The van der Waals surface area contributed by atoms with Gasteiger partial charge in [-0.15, -0.1) is 0 Å². The van der Waals surface area contributed by atoms with E-state index in [0.717, 1.165) is 11.1 Å². The SMILES string of the molecule is COc1c(F)ccc(C(C)(C)C)c1C(C)(C)C. The maximum Gasteiger partial charge on any atom is 0.165 e. The lowest BCUT2D eigenvalue weighted by Gasteiger charge is -2.31. The summed E-state index contributed by atoms with van der Waals surface area (Å²) in [5, 5.41) is 0. The molecule has 0 heterocycles. The van der Waals surface area contributed by atoms with Crippen molar-refractivity contribution < 1.29 is 9.13 Å². The highest BCUT2D eigenvalue weighted by molar-refractivity contribution is 5.48. The number of benzene rings is 1. The van der Waals surface area contributed by atoms with E-state index in [1.54, 1.807) is 0 Å². The van der Waals surface area contributed by atoms with E-state index in [4.69, 9.17) is 4.74 Å². The normalized spacial score (nSPS) is 12.7. The number of rotatable bonds is 1. The first-order chi connectivity index (χ1) is 7.59. The second-order valence-corrected chi connectivity index (χ2v) is 6.50. The Morgan fingerprint density at radius 3 is 1.82 bits per heavy atom. The first-order valence-electron chi connectivity index (χ1n) is 5.96. The Balaban J connectivity index is 3.64. The fourth-order valence-corrected chi connectivity index (χ4v) is 2.13. The van der Waals surface area contributed by atoms with E-state index in [1.165, 1.54) is 13.2 Å². The van der Waals surface area contributed by atoms with Gasteiger partial charge in [0.2, 0.25) is 0 Å². The summed E-state index contributed by atoms with van der Waals surface area (Å²) in [5.41, 5.74) is 1.94. The summed E-state index contributed by atoms with van der Waals surface area (Å²) >= 11 is 0. The van der Waals surface area contributed by atoms with Crippen molar-refractivity contribution in [2.45, 2.75) is 52.4 Å². The predicted molar refractivity (Wildman–Crippen MR) is 70.4 cm³/mol. The summed E-state index contributed by atoms with van der Waals surface area (Å²) in [4.78, 5) is 0. The molecule has 2 heteroatoms. The average Bonchev–Trinajstić information content (AvgIpc) is 2.13. The Bertz CT molecular complexity index is 408. The summed E-state index contributed by atoms with van der Waals surface area (Å²) in [5.74, 6) is 0.0929. The van der Waals surface area contributed by atoms with Gasteiger partial charge in [0, 0.05) is 5.56 Å². The van der Waals surface area contributed by atoms with Crippen LogP contribution < -0.4 is 4.74 Å². The Kier molecular flexibility index (Phi) is 3.56. The molecule has 0 unspecified atom stereocenters. The molecule has 0 fully saturated rings.